The number of hydrogen-bond donors (Lipinski definition) is 1. The van der Waals surface area contributed by atoms with Crippen LogP contribution in [0.4, 0.5) is 0 Å². The van der Waals surface area contributed by atoms with Gasteiger partial charge in [-0.15, -0.1) is 0 Å². The number of carbonyl (C=O) groups is 1. The first-order chi connectivity index (χ1) is 8.82. The Morgan fingerprint density at radius 2 is 2.05 bits per heavy atom. The van der Waals surface area contributed by atoms with Gasteiger partial charge in [0.1, 0.15) is 0 Å². The van der Waals surface area contributed by atoms with Gasteiger partial charge in [0.05, 0.1) is 12.2 Å². The first kappa shape index (κ1) is 16.4. The molecule has 0 aromatic heterocycles. The van der Waals surface area contributed by atoms with Gasteiger partial charge >= 0.3 is 0 Å². The molecule has 1 heterocycles. The molecule has 1 fully saturated rings. The van der Waals surface area contributed by atoms with Crippen molar-refractivity contribution in [2.75, 3.05) is 20.3 Å². The van der Waals surface area contributed by atoms with Gasteiger partial charge in [-0.05, 0) is 24.2 Å². The molecule has 1 N–H and O–H groups in total. The normalized spacial score (nSPS) is 24.6. The molecule has 0 aromatic carbocycles. The number of ether oxygens (including phenoxy) is 1. The van der Waals surface area contributed by atoms with E-state index in [1.54, 1.807) is 7.11 Å². The van der Waals surface area contributed by atoms with Crippen LogP contribution >= 0.6 is 0 Å². The van der Waals surface area contributed by atoms with Crippen LogP contribution in [0, 0.1) is 11.3 Å². The van der Waals surface area contributed by atoms with Crippen LogP contribution in [0.5, 0.6) is 0 Å². The molecule has 0 spiro atoms. The predicted octanol–water partition coefficient (Wildman–Crippen LogP) is 2.24. The number of nitrogens with zero attached hydrogens (tertiary/aromatic N) is 1. The first-order valence-electron chi connectivity index (χ1n) is 7.38. The number of nitrogens with one attached hydrogen (secondary N) is 1. The van der Waals surface area contributed by atoms with E-state index in [0.29, 0.717) is 5.92 Å². The molecule has 1 rings (SSSR count). The average Bonchev–Trinajstić information content (AvgIpc) is 2.64. The first-order valence-corrected chi connectivity index (χ1v) is 7.38. The summed E-state index contributed by atoms with van der Waals surface area (Å²) in [6.45, 7) is 12.3. The van der Waals surface area contributed by atoms with Gasteiger partial charge in [0, 0.05) is 20.3 Å². The zero-order chi connectivity index (χ0) is 14.6. The van der Waals surface area contributed by atoms with E-state index < -0.39 is 0 Å². The van der Waals surface area contributed by atoms with Gasteiger partial charge in [-0.25, -0.2) is 0 Å². The number of carbonyl (C=O) groups excluding carboxylic acids is 1. The quantitative estimate of drug-likeness (QED) is 0.771. The lowest BCUT2D eigenvalue weighted by molar-refractivity contribution is -0.132. The van der Waals surface area contributed by atoms with Crippen LogP contribution < -0.4 is 5.32 Å². The molecule has 19 heavy (non-hydrogen) atoms. The summed E-state index contributed by atoms with van der Waals surface area (Å²) in [5.74, 6) is 0.598. The molecule has 0 aromatic rings. The molecule has 0 aliphatic carbocycles. The summed E-state index contributed by atoms with van der Waals surface area (Å²) in [5, 5.41) is 3.46. The summed E-state index contributed by atoms with van der Waals surface area (Å²) in [6, 6.07) is -0.0248. The Labute approximate surface area is 117 Å². The molecule has 112 valence electrons. The lowest BCUT2D eigenvalue weighted by Crippen LogP contribution is -2.43. The van der Waals surface area contributed by atoms with Crippen molar-refractivity contribution in [3.8, 4) is 0 Å². The Hall–Kier alpha value is -0.610. The Bertz CT molecular complexity index is 303. The maximum Gasteiger partial charge on any atom is 0.241 e. The van der Waals surface area contributed by atoms with Crippen LogP contribution in [0.1, 0.15) is 47.5 Å². The number of methoxy groups -OCH3 is 1. The fraction of sp³-hybridized carbons (Fsp3) is 0.933. The fourth-order valence-electron chi connectivity index (χ4n) is 2.62. The molecular formula is C15H30N2O2. The Morgan fingerprint density at radius 1 is 1.42 bits per heavy atom. The highest BCUT2D eigenvalue weighted by molar-refractivity contribution is 5.84. The third kappa shape index (κ3) is 4.18. The van der Waals surface area contributed by atoms with Crippen molar-refractivity contribution in [1.29, 1.82) is 0 Å². The van der Waals surface area contributed by atoms with Gasteiger partial charge in [-0.2, -0.15) is 0 Å². The molecule has 0 bridgehead atoms. The number of rotatable bonds is 7. The molecule has 4 heteroatoms. The second-order valence-corrected chi connectivity index (χ2v) is 6.69. The van der Waals surface area contributed by atoms with Crippen LogP contribution in [-0.2, 0) is 9.53 Å². The van der Waals surface area contributed by atoms with Crippen LogP contribution in [0.3, 0.4) is 0 Å². The molecule has 1 saturated heterocycles. The smallest absolute Gasteiger partial charge is 0.241 e. The van der Waals surface area contributed by atoms with Crippen LogP contribution in [0.2, 0.25) is 0 Å². The van der Waals surface area contributed by atoms with Gasteiger partial charge < -0.3 is 9.64 Å². The molecule has 1 aliphatic rings. The minimum Gasteiger partial charge on any atom is -0.385 e. The zero-order valence-electron chi connectivity index (χ0n) is 13.3. The van der Waals surface area contributed by atoms with Crippen LogP contribution in [0.15, 0.2) is 0 Å². The van der Waals surface area contributed by atoms with E-state index in [9.17, 15) is 4.79 Å². The maximum absolute atomic E-state index is 12.5. The number of amides is 1. The Morgan fingerprint density at radius 3 is 2.53 bits per heavy atom. The van der Waals surface area contributed by atoms with E-state index >= 15 is 0 Å². The van der Waals surface area contributed by atoms with E-state index in [-0.39, 0.29) is 23.5 Å². The van der Waals surface area contributed by atoms with Crippen LogP contribution in [-0.4, -0.2) is 43.3 Å². The van der Waals surface area contributed by atoms with Gasteiger partial charge in [0.25, 0.3) is 0 Å². The van der Waals surface area contributed by atoms with E-state index in [2.05, 4.69) is 39.9 Å². The number of hydrogen-bond acceptors (Lipinski definition) is 3. The largest absolute Gasteiger partial charge is 0.385 e. The van der Waals surface area contributed by atoms with E-state index in [4.69, 9.17) is 4.74 Å². The van der Waals surface area contributed by atoms with Gasteiger partial charge in [0.2, 0.25) is 5.91 Å². The molecule has 4 nitrogen and oxygen atoms in total. The summed E-state index contributed by atoms with van der Waals surface area (Å²) in [4.78, 5) is 14.5. The van der Waals surface area contributed by atoms with Crippen molar-refractivity contribution in [2.45, 2.75) is 59.7 Å². The third-order valence-electron chi connectivity index (χ3n) is 3.93. The lowest BCUT2D eigenvalue weighted by Gasteiger charge is -2.33. The van der Waals surface area contributed by atoms with E-state index in [1.165, 1.54) is 0 Å². The van der Waals surface area contributed by atoms with Crippen molar-refractivity contribution in [3.05, 3.63) is 0 Å². The summed E-state index contributed by atoms with van der Waals surface area (Å²) in [5.41, 5.74) is 0.0899. The van der Waals surface area contributed by atoms with E-state index in [1.807, 2.05) is 4.90 Å². The second-order valence-electron chi connectivity index (χ2n) is 6.69. The standard InChI is InChI=1S/C15H30N2O2/c1-7-12-16-13(11(2)3)14(18)17(12)10-15(4,5)8-9-19-6/h11-13,16H,7-10H2,1-6H3. The van der Waals surface area contributed by atoms with Crippen molar-refractivity contribution in [3.63, 3.8) is 0 Å². The monoisotopic (exact) mass is 270 g/mol. The van der Waals surface area contributed by atoms with Gasteiger partial charge in [-0.3, -0.25) is 10.1 Å². The predicted molar refractivity (Wildman–Crippen MR) is 77.8 cm³/mol. The minimum absolute atomic E-state index is 0.0248. The highest BCUT2D eigenvalue weighted by atomic mass is 16.5. The SMILES string of the molecule is CCC1NC(C(C)C)C(=O)N1CC(C)(C)CCOC. The molecular weight excluding hydrogens is 240 g/mol. The highest BCUT2D eigenvalue weighted by Crippen LogP contribution is 2.27. The van der Waals surface area contributed by atoms with Crippen molar-refractivity contribution >= 4 is 5.91 Å². The highest BCUT2D eigenvalue weighted by Gasteiger charge is 2.41. The Balaban J connectivity index is 2.72. The van der Waals surface area contributed by atoms with Crippen LogP contribution in [0.25, 0.3) is 0 Å². The maximum atomic E-state index is 12.5. The summed E-state index contributed by atoms with van der Waals surface area (Å²) in [6.07, 6.45) is 2.10. The average molecular weight is 270 g/mol. The third-order valence-corrected chi connectivity index (χ3v) is 3.93. The molecule has 1 amide bonds. The molecule has 2 unspecified atom stereocenters. The topological polar surface area (TPSA) is 41.6 Å². The summed E-state index contributed by atoms with van der Waals surface area (Å²) in [7, 11) is 1.72. The van der Waals surface area contributed by atoms with Gasteiger partial charge in [-0.1, -0.05) is 34.6 Å². The van der Waals surface area contributed by atoms with Gasteiger partial charge in [0.15, 0.2) is 0 Å². The van der Waals surface area contributed by atoms with E-state index in [0.717, 1.165) is 26.0 Å². The van der Waals surface area contributed by atoms with Crippen molar-refractivity contribution in [1.82, 2.24) is 10.2 Å². The summed E-state index contributed by atoms with van der Waals surface area (Å²) < 4.78 is 5.16. The zero-order valence-corrected chi connectivity index (χ0v) is 13.3. The molecule has 0 saturated carbocycles. The molecule has 2 atom stereocenters. The molecule has 0 radical (unpaired) electrons. The lowest BCUT2D eigenvalue weighted by atomic mass is 9.88. The second kappa shape index (κ2) is 6.71. The van der Waals surface area contributed by atoms with Crippen molar-refractivity contribution in [2.24, 2.45) is 11.3 Å². The molecule has 1 aliphatic heterocycles. The minimum atomic E-state index is -0.0248. The Kier molecular flexibility index (Phi) is 5.81. The fourth-order valence-corrected chi connectivity index (χ4v) is 2.62. The van der Waals surface area contributed by atoms with Crippen molar-refractivity contribution < 1.29 is 9.53 Å². The summed E-state index contributed by atoms with van der Waals surface area (Å²) >= 11 is 0.